The maximum absolute atomic E-state index is 12.2. The molecule has 2 N–H and O–H groups in total. The first kappa shape index (κ1) is 18.2. The molecule has 2 aromatic rings. The van der Waals surface area contributed by atoms with Gasteiger partial charge in [-0.25, -0.2) is 9.59 Å². The maximum atomic E-state index is 12.2. The summed E-state index contributed by atoms with van der Waals surface area (Å²) in [4.78, 5) is 37.3. The Labute approximate surface area is 144 Å². The van der Waals surface area contributed by atoms with E-state index in [4.69, 9.17) is 9.15 Å². The molecule has 0 saturated heterocycles. The molecule has 1 aromatic carbocycles. The minimum absolute atomic E-state index is 0.0444. The van der Waals surface area contributed by atoms with E-state index >= 15 is 0 Å². The molecule has 0 atom stereocenters. The number of hydrogen-bond acceptors (Lipinski definition) is 5. The summed E-state index contributed by atoms with van der Waals surface area (Å²) in [7, 11) is 4.95. The fourth-order valence-electron chi connectivity index (χ4n) is 1.99. The molecule has 0 saturated carbocycles. The molecule has 0 spiro atoms. The van der Waals surface area contributed by atoms with Gasteiger partial charge in [0.25, 0.3) is 5.91 Å². The van der Waals surface area contributed by atoms with Crippen molar-refractivity contribution in [1.82, 2.24) is 0 Å². The van der Waals surface area contributed by atoms with Gasteiger partial charge < -0.3 is 19.4 Å². The minimum Gasteiger partial charge on any atom is -0.465 e. The second kappa shape index (κ2) is 8.07. The van der Waals surface area contributed by atoms with Gasteiger partial charge in [-0.05, 0) is 18.2 Å². The fourth-order valence-corrected chi connectivity index (χ4v) is 1.99. The lowest BCUT2D eigenvalue weighted by Crippen LogP contribution is -3.00. The van der Waals surface area contributed by atoms with Crippen LogP contribution >= 0.6 is 0 Å². The Hall–Kier alpha value is -3.19. The monoisotopic (exact) mass is 343 g/mol. The highest BCUT2D eigenvalue weighted by atomic mass is 16.5. The summed E-state index contributed by atoms with van der Waals surface area (Å²) >= 11 is 0. The van der Waals surface area contributed by atoms with Gasteiger partial charge in [0.2, 0.25) is 0 Å². The molecule has 0 aliphatic heterocycles. The Morgan fingerprint density at radius 2 is 1.88 bits per heavy atom. The van der Waals surface area contributed by atoms with E-state index in [1.165, 1.54) is 19.3 Å². The molecule has 7 heteroatoms. The highest BCUT2D eigenvalue weighted by Gasteiger charge is 2.18. The maximum Gasteiger partial charge on any atom is 0.360 e. The number of benzene rings is 1. The summed E-state index contributed by atoms with van der Waals surface area (Å²) in [6, 6.07) is 9.64. The molecule has 0 aliphatic carbocycles. The summed E-state index contributed by atoms with van der Waals surface area (Å²) in [5, 5.41) is 2.46. The molecule has 0 fully saturated rings. The summed E-state index contributed by atoms with van der Waals surface area (Å²) in [5.74, 6) is -1.09. The number of hydrogen-bond donors (Lipinski definition) is 2. The fraction of sp³-hybridized carbons (Fsp3) is 0.167. The van der Waals surface area contributed by atoms with Gasteiger partial charge in [-0.3, -0.25) is 4.79 Å². The van der Waals surface area contributed by atoms with E-state index in [1.54, 1.807) is 36.5 Å². The van der Waals surface area contributed by atoms with E-state index < -0.39 is 17.5 Å². The van der Waals surface area contributed by atoms with Gasteiger partial charge in [0.1, 0.15) is 11.3 Å². The zero-order valence-electron chi connectivity index (χ0n) is 14.2. The number of ether oxygens (including phenoxy) is 1. The number of quaternary nitrogens is 1. The van der Waals surface area contributed by atoms with Gasteiger partial charge in [0, 0.05) is 11.6 Å². The van der Waals surface area contributed by atoms with E-state index in [0.29, 0.717) is 5.56 Å². The van der Waals surface area contributed by atoms with E-state index in [0.717, 1.165) is 4.90 Å². The van der Waals surface area contributed by atoms with Gasteiger partial charge in [-0.2, -0.15) is 0 Å². The Bertz CT molecular complexity index is 854. The molecule has 25 heavy (non-hydrogen) atoms. The SMILES string of the molecule is COC(=O)c1cc(NC(=O)c2ccccc2)c(=O)oc1/C=C/[NH+](C)C. The zero-order valence-corrected chi connectivity index (χ0v) is 14.2. The molecule has 1 amide bonds. The predicted octanol–water partition coefficient (Wildman–Crippen LogP) is 0.794. The average Bonchev–Trinajstić information content (AvgIpc) is 2.61. The van der Waals surface area contributed by atoms with Gasteiger partial charge >= 0.3 is 11.6 Å². The number of nitrogens with one attached hydrogen (secondary N) is 2. The van der Waals surface area contributed by atoms with Crippen molar-refractivity contribution in [3.05, 3.63) is 69.9 Å². The van der Waals surface area contributed by atoms with Crippen LogP contribution in [0.15, 0.2) is 51.8 Å². The second-order valence-electron chi connectivity index (χ2n) is 5.45. The third kappa shape index (κ3) is 4.65. The van der Waals surface area contributed by atoms with Crippen LogP contribution in [0.4, 0.5) is 5.69 Å². The van der Waals surface area contributed by atoms with Crippen LogP contribution in [0.2, 0.25) is 0 Å². The highest BCUT2D eigenvalue weighted by molar-refractivity contribution is 6.04. The number of carbonyl (C=O) groups excluding carboxylic acids is 2. The molecule has 0 radical (unpaired) electrons. The van der Waals surface area contributed by atoms with Gasteiger partial charge in [-0.1, -0.05) is 18.2 Å². The van der Waals surface area contributed by atoms with Gasteiger partial charge in [-0.15, -0.1) is 0 Å². The molecule has 1 heterocycles. The second-order valence-corrected chi connectivity index (χ2v) is 5.45. The van der Waals surface area contributed by atoms with E-state index in [9.17, 15) is 14.4 Å². The number of carbonyl (C=O) groups is 2. The van der Waals surface area contributed by atoms with Crippen LogP contribution in [-0.2, 0) is 4.74 Å². The van der Waals surface area contributed by atoms with Crippen LogP contribution in [-0.4, -0.2) is 33.1 Å². The van der Waals surface area contributed by atoms with Crippen molar-refractivity contribution in [2.45, 2.75) is 0 Å². The predicted molar refractivity (Wildman–Crippen MR) is 92.6 cm³/mol. The Morgan fingerprint density at radius 3 is 2.48 bits per heavy atom. The van der Waals surface area contributed by atoms with Crippen LogP contribution < -0.4 is 15.8 Å². The third-order valence-electron chi connectivity index (χ3n) is 3.23. The lowest BCUT2D eigenvalue weighted by Gasteiger charge is -2.08. The van der Waals surface area contributed by atoms with Gasteiger partial charge in [0.05, 0.1) is 27.4 Å². The Kier molecular flexibility index (Phi) is 5.86. The number of anilines is 1. The van der Waals surface area contributed by atoms with Crippen molar-refractivity contribution in [2.75, 3.05) is 26.5 Å². The quantitative estimate of drug-likeness (QED) is 0.784. The molecule has 0 unspecified atom stereocenters. The topological polar surface area (TPSA) is 90.0 Å². The average molecular weight is 343 g/mol. The number of amides is 1. The van der Waals surface area contributed by atoms with Gasteiger partial charge in [0.15, 0.2) is 5.76 Å². The number of esters is 1. The molecule has 0 bridgehead atoms. The lowest BCUT2D eigenvalue weighted by molar-refractivity contribution is -0.800. The molecular weight excluding hydrogens is 324 g/mol. The number of rotatable bonds is 5. The zero-order chi connectivity index (χ0) is 18.4. The normalized spacial score (nSPS) is 10.9. The summed E-state index contributed by atoms with van der Waals surface area (Å²) in [6.07, 6.45) is 3.21. The number of methoxy groups -OCH3 is 1. The Morgan fingerprint density at radius 1 is 1.20 bits per heavy atom. The Balaban J connectivity index is 2.41. The standard InChI is InChI=1S/C18H18N2O5/c1-20(2)10-9-15-13(17(22)24-3)11-14(18(23)25-15)19-16(21)12-7-5-4-6-8-12/h4-11H,1-3H3,(H,19,21)/p+1/b10-9+. The molecule has 2 rings (SSSR count). The summed E-state index contributed by atoms with van der Waals surface area (Å²) in [6.45, 7) is 0. The summed E-state index contributed by atoms with van der Waals surface area (Å²) in [5.41, 5.74) is -0.474. The van der Waals surface area contributed by atoms with Crippen LogP contribution in [0, 0.1) is 0 Å². The van der Waals surface area contributed by atoms with Crippen molar-refractivity contribution >= 4 is 23.6 Å². The first-order valence-electron chi connectivity index (χ1n) is 7.53. The van der Waals surface area contributed by atoms with Crippen molar-refractivity contribution in [3.8, 4) is 0 Å². The van der Waals surface area contributed by atoms with Crippen LogP contribution in [0.25, 0.3) is 6.08 Å². The minimum atomic E-state index is -0.759. The molecule has 1 aromatic heterocycles. The molecular formula is C18H19N2O5+. The van der Waals surface area contributed by atoms with E-state index in [-0.39, 0.29) is 17.0 Å². The first-order chi connectivity index (χ1) is 11.9. The van der Waals surface area contributed by atoms with Crippen molar-refractivity contribution < 1.29 is 23.6 Å². The van der Waals surface area contributed by atoms with Crippen molar-refractivity contribution in [1.29, 1.82) is 0 Å². The van der Waals surface area contributed by atoms with E-state index in [2.05, 4.69) is 5.32 Å². The van der Waals surface area contributed by atoms with Crippen LogP contribution in [0.1, 0.15) is 26.5 Å². The third-order valence-corrected chi connectivity index (χ3v) is 3.23. The highest BCUT2D eigenvalue weighted by Crippen LogP contribution is 2.15. The van der Waals surface area contributed by atoms with Crippen molar-refractivity contribution in [2.24, 2.45) is 0 Å². The van der Waals surface area contributed by atoms with E-state index in [1.807, 2.05) is 14.1 Å². The molecule has 0 aliphatic rings. The summed E-state index contributed by atoms with van der Waals surface area (Å²) < 4.78 is 9.89. The van der Waals surface area contributed by atoms with Crippen LogP contribution in [0.5, 0.6) is 0 Å². The van der Waals surface area contributed by atoms with Crippen LogP contribution in [0.3, 0.4) is 0 Å². The lowest BCUT2D eigenvalue weighted by atomic mass is 10.2. The largest absolute Gasteiger partial charge is 0.465 e. The first-order valence-corrected chi connectivity index (χ1v) is 7.53. The molecule has 130 valence electrons. The van der Waals surface area contributed by atoms with Crippen molar-refractivity contribution in [3.63, 3.8) is 0 Å². The molecule has 7 nitrogen and oxygen atoms in total. The smallest absolute Gasteiger partial charge is 0.360 e.